The summed E-state index contributed by atoms with van der Waals surface area (Å²) in [6.07, 6.45) is 0.981. The van der Waals surface area contributed by atoms with Crippen molar-refractivity contribution in [3.63, 3.8) is 0 Å². The number of rotatable bonds is 5. The number of esters is 1. The Morgan fingerprint density at radius 3 is 2.75 bits per heavy atom. The molecule has 1 aliphatic carbocycles. The van der Waals surface area contributed by atoms with Gasteiger partial charge in [-0.3, -0.25) is 9.59 Å². The summed E-state index contributed by atoms with van der Waals surface area (Å²) in [5.74, 6) is -0.236. The van der Waals surface area contributed by atoms with E-state index in [1.165, 1.54) is 7.11 Å². The molecular weight excluding hydrogens is 301 g/mol. The molecule has 1 aromatic rings. The highest BCUT2D eigenvalue weighted by atomic mass is 35.5. The Bertz CT molecular complexity index is 533. The molecule has 0 aromatic heterocycles. The number of hydrogen-bond acceptors (Lipinski definition) is 3. The number of carbonyl (C=O) groups excluding carboxylic acids is 2. The molecule has 1 aromatic carbocycles. The Hall–Kier alpha value is -1.26. The molecule has 2 atom stereocenters. The standard InChI is InChI=1S/C14H15Cl2NO3/c1-20-13(18)4-5-17-14(19)10-7-9(10)8-2-3-11(15)12(16)6-8/h2-3,6,9-10H,4-5,7H2,1H3,(H,17,19)/t9-,10-/m0/s1. The van der Waals surface area contributed by atoms with Crippen molar-refractivity contribution >= 4 is 35.1 Å². The summed E-state index contributed by atoms with van der Waals surface area (Å²) in [5, 5.41) is 3.75. The molecule has 20 heavy (non-hydrogen) atoms. The van der Waals surface area contributed by atoms with Crippen LogP contribution >= 0.6 is 23.2 Å². The number of methoxy groups -OCH3 is 1. The fourth-order valence-electron chi connectivity index (χ4n) is 2.12. The molecular formula is C14H15Cl2NO3. The van der Waals surface area contributed by atoms with Gasteiger partial charge in [-0.25, -0.2) is 0 Å². The predicted molar refractivity (Wildman–Crippen MR) is 77.0 cm³/mol. The maximum Gasteiger partial charge on any atom is 0.307 e. The molecule has 0 spiro atoms. The first kappa shape index (κ1) is 15.1. The highest BCUT2D eigenvalue weighted by Gasteiger charge is 2.43. The Kier molecular flexibility index (Phi) is 4.89. The second-order valence-electron chi connectivity index (χ2n) is 4.74. The van der Waals surface area contributed by atoms with E-state index in [0.29, 0.717) is 16.6 Å². The van der Waals surface area contributed by atoms with Crippen LogP contribution in [0.25, 0.3) is 0 Å². The SMILES string of the molecule is COC(=O)CCNC(=O)[C@H]1C[C@H]1c1ccc(Cl)c(Cl)c1. The molecule has 0 radical (unpaired) electrons. The summed E-state index contributed by atoms with van der Waals surface area (Å²) in [6, 6.07) is 5.43. The molecule has 0 unspecified atom stereocenters. The second kappa shape index (κ2) is 6.46. The van der Waals surface area contributed by atoms with Crippen LogP contribution in [0.5, 0.6) is 0 Å². The molecule has 1 amide bonds. The Morgan fingerprint density at radius 2 is 2.10 bits per heavy atom. The fourth-order valence-corrected chi connectivity index (χ4v) is 2.42. The minimum atomic E-state index is -0.331. The molecule has 0 heterocycles. The summed E-state index contributed by atoms with van der Waals surface area (Å²) < 4.78 is 4.51. The van der Waals surface area contributed by atoms with E-state index in [1.54, 1.807) is 12.1 Å². The van der Waals surface area contributed by atoms with Crippen LogP contribution in [0.1, 0.15) is 24.3 Å². The minimum Gasteiger partial charge on any atom is -0.469 e. The van der Waals surface area contributed by atoms with E-state index < -0.39 is 0 Å². The van der Waals surface area contributed by atoms with E-state index in [-0.39, 0.29) is 30.1 Å². The number of hydrogen-bond donors (Lipinski definition) is 1. The van der Waals surface area contributed by atoms with Gasteiger partial charge in [0, 0.05) is 12.5 Å². The van der Waals surface area contributed by atoms with Crippen LogP contribution in [0.3, 0.4) is 0 Å². The molecule has 6 heteroatoms. The van der Waals surface area contributed by atoms with Crippen LogP contribution in [0.15, 0.2) is 18.2 Å². The van der Waals surface area contributed by atoms with Gasteiger partial charge in [0.1, 0.15) is 0 Å². The van der Waals surface area contributed by atoms with Gasteiger partial charge >= 0.3 is 5.97 Å². The third kappa shape index (κ3) is 3.64. The van der Waals surface area contributed by atoms with Crippen molar-refractivity contribution in [1.82, 2.24) is 5.32 Å². The van der Waals surface area contributed by atoms with Crippen LogP contribution < -0.4 is 5.32 Å². The first-order valence-corrected chi connectivity index (χ1v) is 7.08. The Morgan fingerprint density at radius 1 is 1.35 bits per heavy atom. The van der Waals surface area contributed by atoms with Crippen LogP contribution in [0, 0.1) is 5.92 Å². The zero-order chi connectivity index (χ0) is 14.7. The summed E-state index contributed by atoms with van der Waals surface area (Å²) in [7, 11) is 1.32. The first-order valence-electron chi connectivity index (χ1n) is 6.32. The van der Waals surface area contributed by atoms with Crippen molar-refractivity contribution in [3.8, 4) is 0 Å². The summed E-state index contributed by atoms with van der Waals surface area (Å²) >= 11 is 11.8. The van der Waals surface area contributed by atoms with E-state index in [4.69, 9.17) is 23.2 Å². The highest BCUT2D eigenvalue weighted by Crippen LogP contribution is 2.48. The topological polar surface area (TPSA) is 55.4 Å². The van der Waals surface area contributed by atoms with Gasteiger partial charge in [-0.05, 0) is 30.0 Å². The van der Waals surface area contributed by atoms with Gasteiger partial charge in [-0.2, -0.15) is 0 Å². The van der Waals surface area contributed by atoms with Crippen LogP contribution in [-0.4, -0.2) is 25.5 Å². The number of benzene rings is 1. The van der Waals surface area contributed by atoms with E-state index in [2.05, 4.69) is 10.1 Å². The minimum absolute atomic E-state index is 0.0371. The number of ether oxygens (including phenoxy) is 1. The average molecular weight is 316 g/mol. The lowest BCUT2D eigenvalue weighted by Crippen LogP contribution is -2.28. The Balaban J connectivity index is 1.83. The van der Waals surface area contributed by atoms with Gasteiger partial charge in [-0.1, -0.05) is 29.3 Å². The lowest BCUT2D eigenvalue weighted by atomic mass is 10.1. The van der Waals surface area contributed by atoms with Crippen molar-refractivity contribution in [2.24, 2.45) is 5.92 Å². The van der Waals surface area contributed by atoms with Gasteiger partial charge in [0.15, 0.2) is 0 Å². The van der Waals surface area contributed by atoms with Crippen LogP contribution in [-0.2, 0) is 14.3 Å². The van der Waals surface area contributed by atoms with Crippen molar-refractivity contribution < 1.29 is 14.3 Å². The van der Waals surface area contributed by atoms with Gasteiger partial charge in [-0.15, -0.1) is 0 Å². The zero-order valence-electron chi connectivity index (χ0n) is 11.0. The molecule has 1 N–H and O–H groups in total. The number of nitrogens with one attached hydrogen (secondary N) is 1. The molecule has 0 saturated heterocycles. The highest BCUT2D eigenvalue weighted by molar-refractivity contribution is 6.42. The summed E-state index contributed by atoms with van der Waals surface area (Å²) in [5.41, 5.74) is 1.02. The van der Waals surface area contributed by atoms with Crippen LogP contribution in [0.4, 0.5) is 0 Å². The van der Waals surface area contributed by atoms with Crippen LogP contribution in [0.2, 0.25) is 10.0 Å². The maximum absolute atomic E-state index is 11.9. The third-order valence-corrected chi connectivity index (χ3v) is 4.09. The number of amides is 1. The van der Waals surface area contributed by atoms with E-state index in [1.807, 2.05) is 6.07 Å². The van der Waals surface area contributed by atoms with E-state index >= 15 is 0 Å². The second-order valence-corrected chi connectivity index (χ2v) is 5.55. The third-order valence-electron chi connectivity index (χ3n) is 3.36. The van der Waals surface area contributed by atoms with Gasteiger partial charge < -0.3 is 10.1 Å². The maximum atomic E-state index is 11.9. The molecule has 1 saturated carbocycles. The lowest BCUT2D eigenvalue weighted by molar-refractivity contribution is -0.140. The van der Waals surface area contributed by atoms with Crippen molar-refractivity contribution in [2.45, 2.75) is 18.8 Å². The van der Waals surface area contributed by atoms with Crippen molar-refractivity contribution in [1.29, 1.82) is 0 Å². The van der Waals surface area contributed by atoms with E-state index in [9.17, 15) is 9.59 Å². The van der Waals surface area contributed by atoms with Crippen molar-refractivity contribution in [2.75, 3.05) is 13.7 Å². The molecule has 1 fully saturated rings. The summed E-state index contributed by atoms with van der Waals surface area (Å²) in [4.78, 5) is 22.8. The molecule has 0 aliphatic heterocycles. The van der Waals surface area contributed by atoms with E-state index in [0.717, 1.165) is 12.0 Å². The molecule has 2 rings (SSSR count). The quantitative estimate of drug-likeness (QED) is 0.850. The lowest BCUT2D eigenvalue weighted by Gasteiger charge is -2.05. The average Bonchev–Trinajstić information content (AvgIpc) is 3.22. The molecule has 4 nitrogen and oxygen atoms in total. The predicted octanol–water partition coefficient (Wildman–Crippen LogP) is 2.78. The fraction of sp³-hybridized carbons (Fsp3) is 0.429. The monoisotopic (exact) mass is 315 g/mol. The smallest absolute Gasteiger partial charge is 0.307 e. The van der Waals surface area contributed by atoms with Crippen molar-refractivity contribution in [3.05, 3.63) is 33.8 Å². The van der Waals surface area contributed by atoms with Gasteiger partial charge in [0.25, 0.3) is 0 Å². The zero-order valence-corrected chi connectivity index (χ0v) is 12.5. The van der Waals surface area contributed by atoms with Gasteiger partial charge in [0.05, 0.1) is 23.6 Å². The largest absolute Gasteiger partial charge is 0.469 e. The summed E-state index contributed by atoms with van der Waals surface area (Å²) in [6.45, 7) is 0.302. The first-order chi connectivity index (χ1) is 9.52. The number of carbonyl (C=O) groups is 2. The molecule has 1 aliphatic rings. The van der Waals surface area contributed by atoms with Gasteiger partial charge in [0.2, 0.25) is 5.91 Å². The molecule has 108 valence electrons. The normalized spacial score (nSPS) is 20.4. The molecule has 0 bridgehead atoms. The Labute approximate surface area is 127 Å². The number of halogens is 2.